The topological polar surface area (TPSA) is 35.5 Å². The number of allylic oxidation sites excluding steroid dienone is 2. The van der Waals surface area contributed by atoms with Crippen molar-refractivity contribution in [1.82, 2.24) is 0 Å². The molecule has 0 spiro atoms. The zero-order valence-corrected chi connectivity index (χ0v) is 15.7. The molecule has 0 aliphatic rings. The van der Waals surface area contributed by atoms with E-state index in [0.29, 0.717) is 22.3 Å². The van der Waals surface area contributed by atoms with Gasteiger partial charge in [-0.1, -0.05) is 43.3 Å². The quantitative estimate of drug-likeness (QED) is 0.449. The molecule has 0 aromatic heterocycles. The smallest absolute Gasteiger partial charge is 0.185 e. The lowest BCUT2D eigenvalue weighted by Crippen LogP contribution is -1.98. The average molecular weight is 356 g/mol. The highest BCUT2D eigenvalue weighted by molar-refractivity contribution is 7.99. The molecule has 3 nitrogen and oxygen atoms in total. The van der Waals surface area contributed by atoms with Gasteiger partial charge < -0.3 is 9.47 Å². The third-order valence-corrected chi connectivity index (χ3v) is 5.03. The molecular formula is C21H24O3S. The van der Waals surface area contributed by atoms with Gasteiger partial charge in [-0.15, -0.1) is 0 Å². The molecule has 25 heavy (non-hydrogen) atoms. The van der Waals surface area contributed by atoms with E-state index >= 15 is 0 Å². The standard InChI is InChI=1S/C21H24O3S/c1-4-25-21(16-9-6-5-7-10-16)12-8-11-18(22)17-13-14-19(23-2)20(15-17)24-3/h5-11,13-15,21H,4,12H2,1-3H3/b11-8+/t21-/m1/s1. The van der Waals surface area contributed by atoms with Crippen LogP contribution in [0, 0.1) is 0 Å². The first-order valence-corrected chi connectivity index (χ1v) is 9.34. The van der Waals surface area contributed by atoms with E-state index < -0.39 is 0 Å². The molecule has 0 saturated carbocycles. The first kappa shape index (κ1) is 19.1. The van der Waals surface area contributed by atoms with E-state index in [2.05, 4.69) is 31.2 Å². The maximum atomic E-state index is 12.4. The minimum absolute atomic E-state index is 0.0331. The van der Waals surface area contributed by atoms with Crippen LogP contribution in [0.5, 0.6) is 11.5 Å². The van der Waals surface area contributed by atoms with Crippen molar-refractivity contribution >= 4 is 17.5 Å². The SMILES string of the molecule is CCS[C@H](C/C=C/C(=O)c1ccc(OC)c(OC)c1)c1ccccc1. The lowest BCUT2D eigenvalue weighted by Gasteiger charge is -2.14. The van der Waals surface area contributed by atoms with Crippen LogP contribution in [0.1, 0.15) is 34.5 Å². The molecule has 2 aromatic rings. The molecule has 0 amide bonds. The van der Waals surface area contributed by atoms with Crippen molar-refractivity contribution in [1.29, 1.82) is 0 Å². The normalized spacial score (nSPS) is 12.1. The first-order chi connectivity index (χ1) is 12.2. The van der Waals surface area contributed by atoms with Crippen LogP contribution in [0.3, 0.4) is 0 Å². The molecule has 0 aliphatic heterocycles. The summed E-state index contributed by atoms with van der Waals surface area (Å²) in [5, 5.41) is 0.362. The average Bonchev–Trinajstić information content (AvgIpc) is 2.67. The van der Waals surface area contributed by atoms with E-state index in [0.717, 1.165) is 12.2 Å². The second-order valence-electron chi connectivity index (χ2n) is 5.43. The molecule has 0 unspecified atom stereocenters. The molecule has 0 bridgehead atoms. The summed E-state index contributed by atoms with van der Waals surface area (Å²) in [4.78, 5) is 12.4. The first-order valence-electron chi connectivity index (χ1n) is 8.29. The molecule has 0 fully saturated rings. The van der Waals surface area contributed by atoms with Gasteiger partial charge in [0.15, 0.2) is 17.3 Å². The zero-order valence-electron chi connectivity index (χ0n) is 14.9. The van der Waals surface area contributed by atoms with Gasteiger partial charge in [0.25, 0.3) is 0 Å². The Bertz CT molecular complexity index is 710. The van der Waals surface area contributed by atoms with E-state index in [1.807, 2.05) is 23.9 Å². The molecule has 0 N–H and O–H groups in total. The number of carbonyl (C=O) groups is 1. The highest BCUT2D eigenvalue weighted by Gasteiger charge is 2.11. The fourth-order valence-corrected chi connectivity index (χ4v) is 3.55. The monoisotopic (exact) mass is 356 g/mol. The zero-order chi connectivity index (χ0) is 18.1. The van der Waals surface area contributed by atoms with Crippen LogP contribution in [-0.2, 0) is 0 Å². The molecule has 4 heteroatoms. The van der Waals surface area contributed by atoms with Gasteiger partial charge in [-0.25, -0.2) is 0 Å². The van der Waals surface area contributed by atoms with E-state index in [9.17, 15) is 4.79 Å². The van der Waals surface area contributed by atoms with Crippen LogP contribution in [0.25, 0.3) is 0 Å². The Kier molecular flexibility index (Phi) is 7.61. The molecule has 0 heterocycles. The molecule has 132 valence electrons. The number of rotatable bonds is 9. The van der Waals surface area contributed by atoms with Crippen LogP contribution < -0.4 is 9.47 Å². The maximum Gasteiger partial charge on any atom is 0.185 e. The van der Waals surface area contributed by atoms with Crippen LogP contribution in [0.15, 0.2) is 60.7 Å². The predicted molar refractivity (Wildman–Crippen MR) is 105 cm³/mol. The molecular weight excluding hydrogens is 332 g/mol. The summed E-state index contributed by atoms with van der Waals surface area (Å²) < 4.78 is 10.5. The van der Waals surface area contributed by atoms with Gasteiger partial charge in [0.2, 0.25) is 0 Å². The fraction of sp³-hybridized carbons (Fsp3) is 0.286. The van der Waals surface area contributed by atoms with Crippen molar-refractivity contribution in [2.24, 2.45) is 0 Å². The summed E-state index contributed by atoms with van der Waals surface area (Å²) in [7, 11) is 3.14. The van der Waals surface area contributed by atoms with Crippen LogP contribution in [-0.4, -0.2) is 25.8 Å². The summed E-state index contributed by atoms with van der Waals surface area (Å²) >= 11 is 1.89. The third kappa shape index (κ3) is 5.40. The van der Waals surface area contributed by atoms with Crippen LogP contribution in [0.2, 0.25) is 0 Å². The van der Waals surface area contributed by atoms with E-state index in [1.54, 1.807) is 38.5 Å². The van der Waals surface area contributed by atoms with Crippen LogP contribution in [0.4, 0.5) is 0 Å². The fourth-order valence-electron chi connectivity index (χ4n) is 2.55. The van der Waals surface area contributed by atoms with Crippen molar-refractivity contribution in [3.8, 4) is 11.5 Å². The van der Waals surface area contributed by atoms with Gasteiger partial charge in [0.1, 0.15) is 0 Å². The van der Waals surface area contributed by atoms with Crippen molar-refractivity contribution in [3.05, 3.63) is 71.8 Å². The maximum absolute atomic E-state index is 12.4. The minimum Gasteiger partial charge on any atom is -0.493 e. The summed E-state index contributed by atoms with van der Waals surface area (Å²) in [5.74, 6) is 2.18. The van der Waals surface area contributed by atoms with Crippen molar-refractivity contribution in [2.45, 2.75) is 18.6 Å². The van der Waals surface area contributed by atoms with Crippen LogP contribution >= 0.6 is 11.8 Å². The van der Waals surface area contributed by atoms with Gasteiger partial charge in [-0.3, -0.25) is 4.79 Å². The Balaban J connectivity index is 2.06. The number of benzene rings is 2. The van der Waals surface area contributed by atoms with Crippen molar-refractivity contribution in [3.63, 3.8) is 0 Å². The lowest BCUT2D eigenvalue weighted by atomic mass is 10.1. The number of thioether (sulfide) groups is 1. The predicted octanol–water partition coefficient (Wildman–Crippen LogP) is 5.33. The molecule has 0 radical (unpaired) electrons. The Morgan fingerprint density at radius 1 is 1.08 bits per heavy atom. The molecule has 0 saturated heterocycles. The second kappa shape index (κ2) is 9.94. The van der Waals surface area contributed by atoms with Gasteiger partial charge in [-0.05, 0) is 42.0 Å². The largest absolute Gasteiger partial charge is 0.493 e. The molecule has 2 rings (SSSR count). The number of hydrogen-bond acceptors (Lipinski definition) is 4. The van der Waals surface area contributed by atoms with E-state index in [-0.39, 0.29) is 5.78 Å². The Morgan fingerprint density at radius 3 is 2.44 bits per heavy atom. The Labute approximate surface area is 154 Å². The summed E-state index contributed by atoms with van der Waals surface area (Å²) in [6.07, 6.45) is 4.42. The molecule has 1 atom stereocenters. The Hall–Kier alpha value is -2.20. The van der Waals surface area contributed by atoms with E-state index in [1.165, 1.54) is 5.56 Å². The summed E-state index contributed by atoms with van der Waals surface area (Å²) in [6.45, 7) is 2.15. The Morgan fingerprint density at radius 2 is 1.80 bits per heavy atom. The van der Waals surface area contributed by atoms with Crippen molar-refractivity contribution in [2.75, 3.05) is 20.0 Å². The van der Waals surface area contributed by atoms with Gasteiger partial charge in [0.05, 0.1) is 14.2 Å². The summed E-state index contributed by atoms with van der Waals surface area (Å²) in [5.41, 5.74) is 1.88. The van der Waals surface area contributed by atoms with Gasteiger partial charge >= 0.3 is 0 Å². The number of ether oxygens (including phenoxy) is 2. The number of methoxy groups -OCH3 is 2. The minimum atomic E-state index is -0.0331. The molecule has 0 aliphatic carbocycles. The summed E-state index contributed by atoms with van der Waals surface area (Å²) in [6, 6.07) is 15.6. The number of hydrogen-bond donors (Lipinski definition) is 0. The lowest BCUT2D eigenvalue weighted by molar-refractivity contribution is 0.104. The number of carbonyl (C=O) groups excluding carboxylic acids is 1. The third-order valence-electron chi connectivity index (χ3n) is 3.83. The highest BCUT2D eigenvalue weighted by atomic mass is 32.2. The van der Waals surface area contributed by atoms with Crippen molar-refractivity contribution < 1.29 is 14.3 Å². The molecule has 2 aromatic carbocycles. The van der Waals surface area contributed by atoms with Gasteiger partial charge in [-0.2, -0.15) is 11.8 Å². The van der Waals surface area contributed by atoms with E-state index in [4.69, 9.17) is 9.47 Å². The second-order valence-corrected chi connectivity index (χ2v) is 6.91. The van der Waals surface area contributed by atoms with Gasteiger partial charge in [0, 0.05) is 10.8 Å². The number of ketones is 1. The highest BCUT2D eigenvalue weighted by Crippen LogP contribution is 2.32.